The molecule has 6 rings (SSSR count). The predicted molar refractivity (Wildman–Crippen MR) is 135 cm³/mol. The minimum absolute atomic E-state index is 0.459. The van der Waals surface area contributed by atoms with Crippen LogP contribution in [-0.2, 0) is 6.42 Å². The van der Waals surface area contributed by atoms with Crippen LogP contribution in [0.25, 0.3) is 32.9 Å². The Kier molecular flexibility index (Phi) is 4.88. The van der Waals surface area contributed by atoms with Gasteiger partial charge in [-0.3, -0.25) is 15.1 Å². The van der Waals surface area contributed by atoms with Gasteiger partial charge >= 0.3 is 0 Å². The maximum atomic E-state index is 6.28. The van der Waals surface area contributed by atoms with Gasteiger partial charge in [0.1, 0.15) is 11.5 Å². The molecule has 6 heteroatoms. The van der Waals surface area contributed by atoms with E-state index in [0.717, 1.165) is 55.7 Å². The SMILES string of the molecule is Nc1n[nH]c2c(Cc3ccc4ncccc4c3)ncc(-c3ccc(Oc4ccccc4)cc3)c12. The van der Waals surface area contributed by atoms with Gasteiger partial charge in [0.25, 0.3) is 0 Å². The first-order valence-electron chi connectivity index (χ1n) is 11.0. The van der Waals surface area contributed by atoms with Crippen molar-refractivity contribution in [3.8, 4) is 22.6 Å². The van der Waals surface area contributed by atoms with E-state index in [1.807, 2.05) is 72.9 Å². The summed E-state index contributed by atoms with van der Waals surface area (Å²) in [6, 6.07) is 27.9. The van der Waals surface area contributed by atoms with Crippen LogP contribution in [0.1, 0.15) is 11.3 Å². The molecule has 0 aliphatic heterocycles. The monoisotopic (exact) mass is 443 g/mol. The number of hydrogen-bond acceptors (Lipinski definition) is 5. The number of nitrogens with one attached hydrogen (secondary N) is 1. The van der Waals surface area contributed by atoms with Gasteiger partial charge in [-0.2, -0.15) is 5.10 Å². The third-order valence-electron chi connectivity index (χ3n) is 5.88. The first-order valence-corrected chi connectivity index (χ1v) is 11.0. The van der Waals surface area contributed by atoms with Gasteiger partial charge in [-0.15, -0.1) is 0 Å². The molecule has 164 valence electrons. The van der Waals surface area contributed by atoms with Crippen molar-refractivity contribution in [2.24, 2.45) is 0 Å². The Morgan fingerprint density at radius 3 is 2.50 bits per heavy atom. The maximum absolute atomic E-state index is 6.28. The number of fused-ring (bicyclic) bond motifs is 2. The zero-order valence-electron chi connectivity index (χ0n) is 18.3. The lowest BCUT2D eigenvalue weighted by molar-refractivity contribution is 0.483. The number of ether oxygens (including phenoxy) is 1. The number of nitrogens with two attached hydrogens (primary N) is 1. The highest BCUT2D eigenvalue weighted by Gasteiger charge is 2.15. The number of anilines is 1. The summed E-state index contributed by atoms with van der Waals surface area (Å²) in [4.78, 5) is 9.19. The average Bonchev–Trinajstić information content (AvgIpc) is 3.27. The summed E-state index contributed by atoms with van der Waals surface area (Å²) in [6.07, 6.45) is 4.34. The van der Waals surface area contributed by atoms with E-state index < -0.39 is 0 Å². The number of aromatic nitrogens is 4. The van der Waals surface area contributed by atoms with Gasteiger partial charge in [0.05, 0.1) is 22.1 Å². The third kappa shape index (κ3) is 3.71. The number of H-pyrrole nitrogens is 1. The Bertz CT molecular complexity index is 1610. The van der Waals surface area contributed by atoms with Gasteiger partial charge in [-0.25, -0.2) is 0 Å². The molecular formula is C28H21N5O. The quantitative estimate of drug-likeness (QED) is 0.334. The lowest BCUT2D eigenvalue weighted by Gasteiger charge is -2.10. The number of para-hydroxylation sites is 1. The molecular weight excluding hydrogens is 422 g/mol. The van der Waals surface area contributed by atoms with E-state index in [9.17, 15) is 0 Å². The molecule has 0 aliphatic carbocycles. The van der Waals surface area contributed by atoms with Crippen LogP contribution in [0, 0.1) is 0 Å². The van der Waals surface area contributed by atoms with Crippen LogP contribution in [0.4, 0.5) is 5.82 Å². The zero-order valence-corrected chi connectivity index (χ0v) is 18.3. The van der Waals surface area contributed by atoms with Crippen LogP contribution < -0.4 is 10.5 Å². The van der Waals surface area contributed by atoms with E-state index in [4.69, 9.17) is 15.5 Å². The Morgan fingerprint density at radius 2 is 1.65 bits per heavy atom. The maximum Gasteiger partial charge on any atom is 0.153 e. The molecule has 6 nitrogen and oxygen atoms in total. The van der Waals surface area contributed by atoms with Gasteiger partial charge in [0.15, 0.2) is 5.82 Å². The highest BCUT2D eigenvalue weighted by molar-refractivity contribution is 6.02. The summed E-state index contributed by atoms with van der Waals surface area (Å²) < 4.78 is 5.92. The number of pyridine rings is 2. The van der Waals surface area contributed by atoms with Gasteiger partial charge < -0.3 is 10.5 Å². The van der Waals surface area contributed by atoms with E-state index in [1.165, 1.54) is 0 Å². The van der Waals surface area contributed by atoms with E-state index in [-0.39, 0.29) is 0 Å². The smallest absolute Gasteiger partial charge is 0.153 e. The number of nitrogens with zero attached hydrogens (tertiary/aromatic N) is 3. The Labute approximate surface area is 196 Å². The molecule has 0 radical (unpaired) electrons. The molecule has 3 N–H and O–H groups in total. The highest BCUT2D eigenvalue weighted by Crippen LogP contribution is 2.34. The number of rotatable bonds is 5. The fourth-order valence-electron chi connectivity index (χ4n) is 4.22. The van der Waals surface area contributed by atoms with Crippen molar-refractivity contribution in [1.29, 1.82) is 0 Å². The fraction of sp³-hybridized carbons (Fsp3) is 0.0357. The molecule has 0 bridgehead atoms. The van der Waals surface area contributed by atoms with Gasteiger partial charge in [-0.05, 0) is 53.6 Å². The Balaban J connectivity index is 1.33. The van der Waals surface area contributed by atoms with E-state index in [2.05, 4.69) is 33.4 Å². The Morgan fingerprint density at radius 1 is 0.824 bits per heavy atom. The molecule has 34 heavy (non-hydrogen) atoms. The van der Waals surface area contributed by atoms with Gasteiger partial charge in [0, 0.05) is 29.8 Å². The Hall–Kier alpha value is -4.71. The lowest BCUT2D eigenvalue weighted by Crippen LogP contribution is -1.96. The van der Waals surface area contributed by atoms with Crippen LogP contribution in [0.5, 0.6) is 11.5 Å². The van der Waals surface area contributed by atoms with Crippen LogP contribution in [0.2, 0.25) is 0 Å². The minimum atomic E-state index is 0.459. The van der Waals surface area contributed by atoms with E-state index in [1.54, 1.807) is 6.20 Å². The van der Waals surface area contributed by atoms with Crippen molar-refractivity contribution in [3.05, 3.63) is 109 Å². The molecule has 0 unspecified atom stereocenters. The van der Waals surface area contributed by atoms with Crippen molar-refractivity contribution < 1.29 is 4.74 Å². The molecule has 0 fully saturated rings. The summed E-state index contributed by atoms with van der Waals surface area (Å²) in [5, 5.41) is 9.36. The molecule has 0 atom stereocenters. The molecule has 0 saturated carbocycles. The zero-order chi connectivity index (χ0) is 22.9. The first kappa shape index (κ1) is 19.9. The lowest BCUT2D eigenvalue weighted by atomic mass is 10.00. The summed E-state index contributed by atoms with van der Waals surface area (Å²) in [7, 11) is 0. The fourth-order valence-corrected chi connectivity index (χ4v) is 4.22. The highest BCUT2D eigenvalue weighted by atomic mass is 16.5. The number of nitrogen functional groups attached to an aromatic ring is 1. The molecule has 0 amide bonds. The average molecular weight is 444 g/mol. The van der Waals surface area contributed by atoms with E-state index >= 15 is 0 Å². The standard InChI is InChI=1S/C28H21N5O/c29-28-26-23(19-9-11-22(12-10-19)34-21-6-2-1-3-7-21)17-31-25(27(26)32-33-28)16-18-8-13-24-20(15-18)5-4-14-30-24/h1-15,17H,16H2,(H3,29,32,33). The second-order valence-electron chi connectivity index (χ2n) is 8.12. The predicted octanol–water partition coefficient (Wildman–Crippen LogP) is 6.14. The molecule has 0 spiro atoms. The number of hydrogen-bond donors (Lipinski definition) is 2. The van der Waals surface area contributed by atoms with Crippen molar-refractivity contribution in [2.75, 3.05) is 5.73 Å². The number of aromatic amines is 1. The molecule has 0 aliphatic rings. The van der Waals surface area contributed by atoms with Crippen LogP contribution >= 0.6 is 0 Å². The van der Waals surface area contributed by atoms with Crippen molar-refractivity contribution in [1.82, 2.24) is 20.2 Å². The van der Waals surface area contributed by atoms with Crippen LogP contribution in [0.15, 0.2) is 97.3 Å². The normalized spacial score (nSPS) is 11.2. The van der Waals surface area contributed by atoms with Gasteiger partial charge in [0.2, 0.25) is 0 Å². The van der Waals surface area contributed by atoms with E-state index in [0.29, 0.717) is 12.2 Å². The van der Waals surface area contributed by atoms with Crippen molar-refractivity contribution >= 4 is 27.6 Å². The topological polar surface area (TPSA) is 89.7 Å². The second kappa shape index (κ2) is 8.33. The summed E-state index contributed by atoms with van der Waals surface area (Å²) in [6.45, 7) is 0. The molecule has 3 heterocycles. The summed E-state index contributed by atoms with van der Waals surface area (Å²) in [5.41, 5.74) is 12.1. The number of benzene rings is 3. The minimum Gasteiger partial charge on any atom is -0.457 e. The van der Waals surface area contributed by atoms with Crippen molar-refractivity contribution in [2.45, 2.75) is 6.42 Å². The van der Waals surface area contributed by atoms with Crippen LogP contribution in [0.3, 0.4) is 0 Å². The third-order valence-corrected chi connectivity index (χ3v) is 5.88. The summed E-state index contributed by atoms with van der Waals surface area (Å²) >= 11 is 0. The molecule has 3 aromatic heterocycles. The van der Waals surface area contributed by atoms with Crippen LogP contribution in [-0.4, -0.2) is 20.2 Å². The largest absolute Gasteiger partial charge is 0.457 e. The molecule has 3 aromatic carbocycles. The van der Waals surface area contributed by atoms with Crippen molar-refractivity contribution in [3.63, 3.8) is 0 Å². The summed E-state index contributed by atoms with van der Waals surface area (Å²) in [5.74, 6) is 2.02. The van der Waals surface area contributed by atoms with Gasteiger partial charge in [-0.1, -0.05) is 42.5 Å². The second-order valence-corrected chi connectivity index (χ2v) is 8.12. The molecule has 6 aromatic rings. The first-order chi connectivity index (χ1) is 16.7. The molecule has 0 saturated heterocycles.